The Kier molecular flexibility index (Phi) is 3.78. The number of nitrogens with zero attached hydrogens (tertiary/aromatic N) is 1. The van der Waals surface area contributed by atoms with Gasteiger partial charge in [-0.15, -0.1) is 0 Å². The van der Waals surface area contributed by atoms with Gasteiger partial charge in [-0.05, 0) is 37.4 Å². The average Bonchev–Trinajstić information content (AvgIpc) is 2.91. The van der Waals surface area contributed by atoms with Gasteiger partial charge in [-0.3, -0.25) is 4.98 Å². The predicted molar refractivity (Wildman–Crippen MR) is 73.1 cm³/mol. The highest BCUT2D eigenvalue weighted by atomic mass is 19.3. The maximum Gasteiger partial charge on any atom is 0.387 e. The minimum atomic E-state index is -2.81. The van der Waals surface area contributed by atoms with Gasteiger partial charge in [0, 0.05) is 29.2 Å². The topological polar surface area (TPSA) is 34.1 Å². The highest BCUT2D eigenvalue weighted by Gasteiger charge is 2.18. The highest BCUT2D eigenvalue weighted by Crippen LogP contribution is 2.30. The van der Waals surface area contributed by atoms with Crippen LogP contribution in [0.25, 0.3) is 10.8 Å². The summed E-state index contributed by atoms with van der Waals surface area (Å²) in [6.45, 7) is -1.80. The molecule has 3 nitrogen and oxygen atoms in total. The SMILES string of the molecule is FC(F)Oc1cccc2cncc(C[C@H]3CCCN3)c12. The van der Waals surface area contributed by atoms with Crippen molar-refractivity contribution in [1.29, 1.82) is 0 Å². The van der Waals surface area contributed by atoms with Crippen LogP contribution in [0.2, 0.25) is 0 Å². The van der Waals surface area contributed by atoms with Gasteiger partial charge >= 0.3 is 6.61 Å². The monoisotopic (exact) mass is 278 g/mol. The zero-order valence-corrected chi connectivity index (χ0v) is 11.0. The van der Waals surface area contributed by atoms with E-state index in [4.69, 9.17) is 0 Å². The molecular formula is C15H16F2N2O. The summed E-state index contributed by atoms with van der Waals surface area (Å²) in [6.07, 6.45) is 6.48. The summed E-state index contributed by atoms with van der Waals surface area (Å²) in [5, 5.41) is 4.99. The Hall–Kier alpha value is -1.75. The van der Waals surface area contributed by atoms with Crippen molar-refractivity contribution in [1.82, 2.24) is 10.3 Å². The van der Waals surface area contributed by atoms with Gasteiger partial charge < -0.3 is 10.1 Å². The van der Waals surface area contributed by atoms with Crippen molar-refractivity contribution < 1.29 is 13.5 Å². The van der Waals surface area contributed by atoms with E-state index in [1.807, 2.05) is 6.07 Å². The summed E-state index contributed by atoms with van der Waals surface area (Å²) in [5.41, 5.74) is 0.957. The molecule has 1 atom stereocenters. The molecule has 0 radical (unpaired) electrons. The van der Waals surface area contributed by atoms with E-state index in [0.29, 0.717) is 6.04 Å². The number of halogens is 2. The van der Waals surface area contributed by atoms with Crippen LogP contribution < -0.4 is 10.1 Å². The van der Waals surface area contributed by atoms with Crippen LogP contribution >= 0.6 is 0 Å². The maximum absolute atomic E-state index is 12.5. The molecule has 0 bridgehead atoms. The number of hydrogen-bond donors (Lipinski definition) is 1. The van der Waals surface area contributed by atoms with Crippen molar-refractivity contribution in [2.75, 3.05) is 6.54 Å². The van der Waals surface area contributed by atoms with E-state index in [1.165, 1.54) is 0 Å². The van der Waals surface area contributed by atoms with Gasteiger partial charge in [-0.2, -0.15) is 8.78 Å². The molecule has 0 amide bonds. The highest BCUT2D eigenvalue weighted by molar-refractivity contribution is 5.90. The Labute approximate surface area is 116 Å². The van der Waals surface area contributed by atoms with Crippen LogP contribution in [0.5, 0.6) is 5.75 Å². The number of ether oxygens (including phenoxy) is 1. The third-order valence-electron chi connectivity index (χ3n) is 3.67. The normalized spacial score (nSPS) is 18.9. The molecule has 1 N–H and O–H groups in total. The van der Waals surface area contributed by atoms with Gasteiger partial charge in [0.25, 0.3) is 0 Å². The van der Waals surface area contributed by atoms with Crippen LogP contribution in [0.15, 0.2) is 30.6 Å². The number of alkyl halides is 2. The van der Waals surface area contributed by atoms with Crippen molar-refractivity contribution in [3.05, 3.63) is 36.2 Å². The van der Waals surface area contributed by atoms with Crippen LogP contribution in [-0.2, 0) is 6.42 Å². The third-order valence-corrected chi connectivity index (χ3v) is 3.67. The second-order valence-corrected chi connectivity index (χ2v) is 5.03. The van der Waals surface area contributed by atoms with Crippen molar-refractivity contribution in [3.8, 4) is 5.75 Å². The fraction of sp³-hybridized carbons (Fsp3) is 0.400. The lowest BCUT2D eigenvalue weighted by molar-refractivity contribution is -0.0488. The van der Waals surface area contributed by atoms with Crippen LogP contribution in [0, 0.1) is 0 Å². The Morgan fingerprint density at radius 1 is 1.35 bits per heavy atom. The number of hydrogen-bond acceptors (Lipinski definition) is 3. The summed E-state index contributed by atoms with van der Waals surface area (Å²) in [4.78, 5) is 4.20. The Morgan fingerprint density at radius 2 is 2.25 bits per heavy atom. The van der Waals surface area contributed by atoms with Gasteiger partial charge in [0.15, 0.2) is 0 Å². The molecule has 20 heavy (non-hydrogen) atoms. The second-order valence-electron chi connectivity index (χ2n) is 5.03. The summed E-state index contributed by atoms with van der Waals surface area (Å²) in [5.74, 6) is 0.230. The van der Waals surface area contributed by atoms with Crippen LogP contribution in [0.1, 0.15) is 18.4 Å². The first-order valence-electron chi connectivity index (χ1n) is 6.78. The van der Waals surface area contributed by atoms with Gasteiger partial charge in [0.2, 0.25) is 0 Å². The molecule has 3 rings (SSSR count). The number of rotatable bonds is 4. The van der Waals surface area contributed by atoms with E-state index in [1.54, 1.807) is 24.5 Å². The standard InChI is InChI=1S/C15H16F2N2O/c16-15(17)20-13-5-1-3-10-8-18-9-11(14(10)13)7-12-4-2-6-19-12/h1,3,5,8-9,12,15,19H,2,4,6-7H2/t12-/m1/s1. The Morgan fingerprint density at radius 3 is 3.00 bits per heavy atom. The van der Waals surface area contributed by atoms with E-state index in [9.17, 15) is 8.78 Å². The molecule has 1 saturated heterocycles. The van der Waals surface area contributed by atoms with Crippen molar-refractivity contribution >= 4 is 10.8 Å². The number of aromatic nitrogens is 1. The van der Waals surface area contributed by atoms with E-state index < -0.39 is 6.61 Å². The van der Waals surface area contributed by atoms with Crippen LogP contribution in [-0.4, -0.2) is 24.2 Å². The predicted octanol–water partition coefficient (Wildman–Crippen LogP) is 3.13. The molecule has 5 heteroatoms. The third kappa shape index (κ3) is 2.72. The quantitative estimate of drug-likeness (QED) is 0.933. The number of pyridine rings is 1. The summed E-state index contributed by atoms with van der Waals surface area (Å²) < 4.78 is 29.7. The molecule has 0 unspecified atom stereocenters. The largest absolute Gasteiger partial charge is 0.434 e. The summed E-state index contributed by atoms with van der Waals surface area (Å²) in [6, 6.07) is 5.55. The lowest BCUT2D eigenvalue weighted by Crippen LogP contribution is -2.23. The Bertz CT molecular complexity index is 592. The number of nitrogens with one attached hydrogen (secondary N) is 1. The molecule has 1 aromatic carbocycles. The molecule has 0 saturated carbocycles. The van der Waals surface area contributed by atoms with E-state index >= 15 is 0 Å². The molecule has 0 aliphatic carbocycles. The van der Waals surface area contributed by atoms with Gasteiger partial charge in [0.1, 0.15) is 5.75 Å². The summed E-state index contributed by atoms with van der Waals surface area (Å²) in [7, 11) is 0. The number of fused-ring (bicyclic) bond motifs is 1. The minimum Gasteiger partial charge on any atom is -0.434 e. The van der Waals surface area contributed by atoms with Gasteiger partial charge in [0.05, 0.1) is 0 Å². The molecule has 0 spiro atoms. The van der Waals surface area contributed by atoms with Crippen molar-refractivity contribution in [2.24, 2.45) is 0 Å². The first-order chi connectivity index (χ1) is 9.74. The summed E-state index contributed by atoms with van der Waals surface area (Å²) >= 11 is 0. The van der Waals surface area contributed by atoms with Crippen LogP contribution in [0.3, 0.4) is 0 Å². The maximum atomic E-state index is 12.5. The van der Waals surface area contributed by atoms with Gasteiger partial charge in [-0.1, -0.05) is 12.1 Å². The minimum absolute atomic E-state index is 0.230. The first kappa shape index (κ1) is 13.2. The fourth-order valence-electron chi connectivity index (χ4n) is 2.82. The van der Waals surface area contributed by atoms with Crippen LogP contribution in [0.4, 0.5) is 8.78 Å². The molecule has 1 aliphatic heterocycles. The molecular weight excluding hydrogens is 262 g/mol. The molecule has 1 fully saturated rings. The lowest BCUT2D eigenvalue weighted by Gasteiger charge is -2.15. The first-order valence-corrected chi connectivity index (χ1v) is 6.78. The molecule has 1 aliphatic rings. The smallest absolute Gasteiger partial charge is 0.387 e. The van der Waals surface area contributed by atoms with E-state index in [-0.39, 0.29) is 5.75 Å². The zero-order chi connectivity index (χ0) is 13.9. The molecule has 2 aromatic rings. The number of benzene rings is 1. The molecule has 2 heterocycles. The second kappa shape index (κ2) is 5.71. The molecule has 1 aromatic heterocycles. The lowest BCUT2D eigenvalue weighted by atomic mass is 10.00. The van der Waals surface area contributed by atoms with E-state index in [0.717, 1.165) is 42.1 Å². The van der Waals surface area contributed by atoms with Crippen molar-refractivity contribution in [3.63, 3.8) is 0 Å². The van der Waals surface area contributed by atoms with E-state index in [2.05, 4.69) is 15.0 Å². The van der Waals surface area contributed by atoms with Crippen molar-refractivity contribution in [2.45, 2.75) is 31.9 Å². The molecule has 106 valence electrons. The Balaban J connectivity index is 2.01. The fourth-order valence-corrected chi connectivity index (χ4v) is 2.82. The average molecular weight is 278 g/mol. The zero-order valence-electron chi connectivity index (χ0n) is 11.0. The van der Waals surface area contributed by atoms with Gasteiger partial charge in [-0.25, -0.2) is 0 Å².